The third-order valence-corrected chi connectivity index (χ3v) is 8.01. The van der Waals surface area contributed by atoms with Crippen molar-refractivity contribution in [2.45, 2.75) is 38.1 Å². The number of anilines is 1. The van der Waals surface area contributed by atoms with Crippen molar-refractivity contribution < 1.29 is 28.3 Å². The average Bonchev–Trinajstić information content (AvgIpc) is 2.80. The Balaban J connectivity index is 1.84. The first-order chi connectivity index (χ1) is 12.0. The number of aromatic nitrogens is 2. The van der Waals surface area contributed by atoms with Gasteiger partial charge in [0.05, 0.1) is 6.61 Å². The number of nitrogens with two attached hydrogens (primary N) is 1. The van der Waals surface area contributed by atoms with Gasteiger partial charge in [-0.1, -0.05) is 0 Å². The van der Waals surface area contributed by atoms with Crippen molar-refractivity contribution in [3.05, 3.63) is 17.6 Å². The minimum Gasteiger partial charge on any atom is -0.383 e. The molecule has 11 nitrogen and oxygen atoms in total. The fraction of sp³-hybridized carbons (Fsp3) is 0.667. The van der Waals surface area contributed by atoms with Crippen LogP contribution in [-0.4, -0.2) is 53.3 Å². The third-order valence-electron chi connectivity index (χ3n) is 3.89. The van der Waals surface area contributed by atoms with Gasteiger partial charge in [-0.15, -0.1) is 16.6 Å². The van der Waals surface area contributed by atoms with Gasteiger partial charge >= 0.3 is 15.5 Å². The van der Waals surface area contributed by atoms with Gasteiger partial charge in [-0.3, -0.25) is 9.42 Å². The Morgan fingerprint density at radius 1 is 1.46 bits per heavy atom. The minimum atomic E-state index is -4.85. The van der Waals surface area contributed by atoms with Crippen LogP contribution in [0.1, 0.15) is 24.7 Å². The number of nitrogen functional groups attached to an aromatic ring is 1. The summed E-state index contributed by atoms with van der Waals surface area (Å²) in [5, 5.41) is 0.137. The van der Waals surface area contributed by atoms with E-state index in [1.54, 1.807) is 24.9 Å². The predicted molar refractivity (Wildman–Crippen MR) is 98.0 cm³/mol. The molecule has 2 rings (SSSR count). The molecule has 0 saturated carbocycles. The SMILES string of the molecule is Cc1ncc(CN2CS[C@H](CCOP(=O)(O)NP(=O)(O)O)C2C)c(N)n1. The molecule has 1 aliphatic rings. The van der Waals surface area contributed by atoms with E-state index in [1.165, 1.54) is 4.86 Å². The van der Waals surface area contributed by atoms with Crippen LogP contribution in [0.3, 0.4) is 0 Å². The summed E-state index contributed by atoms with van der Waals surface area (Å²) < 4.78 is 27.0. The smallest absolute Gasteiger partial charge is 0.383 e. The van der Waals surface area contributed by atoms with Gasteiger partial charge in [0, 0.05) is 35.5 Å². The molecule has 0 radical (unpaired) electrons. The van der Waals surface area contributed by atoms with Gasteiger partial charge in [0.2, 0.25) is 0 Å². The molecule has 148 valence electrons. The Morgan fingerprint density at radius 2 is 2.15 bits per heavy atom. The summed E-state index contributed by atoms with van der Waals surface area (Å²) >= 11 is 1.67. The van der Waals surface area contributed by atoms with Gasteiger partial charge in [0.1, 0.15) is 11.6 Å². The van der Waals surface area contributed by atoms with Crippen LogP contribution >= 0.6 is 27.3 Å². The van der Waals surface area contributed by atoms with E-state index in [0.717, 1.165) is 11.4 Å². The number of thioether (sulfide) groups is 1. The number of hydrogen-bond donors (Lipinski definition) is 5. The summed E-state index contributed by atoms with van der Waals surface area (Å²) in [7, 11) is -9.39. The van der Waals surface area contributed by atoms with E-state index in [0.29, 0.717) is 24.6 Å². The van der Waals surface area contributed by atoms with Gasteiger partial charge in [-0.2, -0.15) is 0 Å². The standard InChI is InChI=1S/C12H23N5O6P2S/c1-8-11(3-4-23-25(21,22)16-24(18,19)20)26-7-17(8)6-10-5-14-9(2)15-12(10)13/h5,8,11H,3-4,6-7H2,1-2H3,(H2,13,14,15)(H4,16,18,19,20,21,22)/t8?,11-/m1/s1. The first-order valence-corrected chi connectivity index (χ1v) is 12.0. The van der Waals surface area contributed by atoms with Gasteiger partial charge < -0.3 is 20.4 Å². The zero-order chi connectivity index (χ0) is 19.5. The Labute approximate surface area is 155 Å². The first-order valence-electron chi connectivity index (χ1n) is 7.73. The summed E-state index contributed by atoms with van der Waals surface area (Å²) in [6.07, 6.45) is 2.16. The highest BCUT2D eigenvalue weighted by Gasteiger charge is 2.33. The fourth-order valence-corrected chi connectivity index (χ4v) is 5.86. The van der Waals surface area contributed by atoms with Crippen LogP contribution in [-0.2, 0) is 20.2 Å². The monoisotopic (exact) mass is 427 g/mol. The first kappa shape index (κ1) is 21.7. The summed E-state index contributed by atoms with van der Waals surface area (Å²) in [6.45, 7) is 4.29. The third kappa shape index (κ3) is 6.56. The van der Waals surface area contributed by atoms with Crippen molar-refractivity contribution in [1.29, 1.82) is 0 Å². The molecule has 0 aromatic carbocycles. The molecule has 3 atom stereocenters. The molecule has 1 aromatic rings. The van der Waals surface area contributed by atoms with E-state index < -0.39 is 15.5 Å². The van der Waals surface area contributed by atoms with E-state index in [2.05, 4.69) is 14.9 Å². The molecule has 0 bridgehead atoms. The molecule has 14 heteroatoms. The zero-order valence-corrected chi connectivity index (χ0v) is 17.0. The average molecular weight is 427 g/mol. The number of hydrogen-bond acceptors (Lipinski definition) is 8. The highest BCUT2D eigenvalue weighted by molar-refractivity contribution is 8.00. The lowest BCUT2D eigenvalue weighted by atomic mass is 10.1. The van der Waals surface area contributed by atoms with E-state index >= 15 is 0 Å². The minimum absolute atomic E-state index is 0.105. The molecule has 2 heterocycles. The van der Waals surface area contributed by atoms with Crippen LogP contribution in [0.5, 0.6) is 0 Å². The summed E-state index contributed by atoms with van der Waals surface area (Å²) in [6, 6.07) is 0.150. The molecule has 0 aliphatic carbocycles. The summed E-state index contributed by atoms with van der Waals surface area (Å²) in [5.74, 6) is 1.81. The van der Waals surface area contributed by atoms with Crippen LogP contribution in [0.15, 0.2) is 6.20 Å². The molecule has 1 aromatic heterocycles. The Hall–Kier alpha value is -0.550. The molecule has 6 N–H and O–H groups in total. The number of nitrogens with zero attached hydrogens (tertiary/aromatic N) is 3. The van der Waals surface area contributed by atoms with E-state index in [9.17, 15) is 14.0 Å². The fourth-order valence-electron chi connectivity index (χ4n) is 2.54. The second-order valence-electron chi connectivity index (χ2n) is 5.94. The number of rotatable bonds is 8. The molecule has 1 saturated heterocycles. The molecule has 1 aliphatic heterocycles. The van der Waals surface area contributed by atoms with Gasteiger partial charge in [-0.05, 0) is 20.3 Å². The van der Waals surface area contributed by atoms with Crippen molar-refractivity contribution in [3.8, 4) is 0 Å². The van der Waals surface area contributed by atoms with Crippen LogP contribution in [0.2, 0.25) is 0 Å². The Kier molecular flexibility index (Phi) is 7.23. The van der Waals surface area contributed by atoms with Crippen molar-refractivity contribution in [1.82, 2.24) is 19.7 Å². The Morgan fingerprint density at radius 3 is 2.77 bits per heavy atom. The highest BCUT2D eigenvalue weighted by atomic mass is 32.2. The van der Waals surface area contributed by atoms with Gasteiger partial charge in [-0.25, -0.2) is 19.1 Å². The number of aryl methyl sites for hydroxylation is 1. The molecular weight excluding hydrogens is 404 g/mol. The van der Waals surface area contributed by atoms with Gasteiger partial charge in [0.25, 0.3) is 0 Å². The van der Waals surface area contributed by atoms with E-state index in [4.69, 9.17) is 20.0 Å². The lowest BCUT2D eigenvalue weighted by molar-refractivity contribution is 0.218. The van der Waals surface area contributed by atoms with Crippen LogP contribution in [0.25, 0.3) is 0 Å². The molecule has 26 heavy (non-hydrogen) atoms. The van der Waals surface area contributed by atoms with Crippen molar-refractivity contribution in [2.75, 3.05) is 18.2 Å². The Bertz CT molecular complexity index is 734. The lowest BCUT2D eigenvalue weighted by Gasteiger charge is -2.24. The van der Waals surface area contributed by atoms with E-state index in [-0.39, 0.29) is 17.9 Å². The molecule has 1 fully saturated rings. The lowest BCUT2D eigenvalue weighted by Crippen LogP contribution is -2.32. The maximum Gasteiger partial charge on any atom is 0.412 e. The largest absolute Gasteiger partial charge is 0.412 e. The maximum absolute atomic E-state index is 11.5. The quantitative estimate of drug-likeness (QED) is 0.371. The maximum atomic E-state index is 11.5. The molecule has 0 spiro atoms. The number of nitrogens with one attached hydrogen (secondary N) is 1. The molecule has 0 amide bonds. The summed E-state index contributed by atoms with van der Waals surface area (Å²) in [4.78, 5) is 38.5. The van der Waals surface area contributed by atoms with Crippen LogP contribution < -0.4 is 10.6 Å². The summed E-state index contributed by atoms with van der Waals surface area (Å²) in [5.41, 5.74) is 6.76. The van der Waals surface area contributed by atoms with Crippen LogP contribution in [0, 0.1) is 6.92 Å². The van der Waals surface area contributed by atoms with Crippen molar-refractivity contribution >= 4 is 33.1 Å². The zero-order valence-electron chi connectivity index (χ0n) is 14.3. The predicted octanol–water partition coefficient (Wildman–Crippen LogP) is 0.820. The molecule has 2 unspecified atom stereocenters. The van der Waals surface area contributed by atoms with Gasteiger partial charge in [0.15, 0.2) is 0 Å². The highest BCUT2D eigenvalue weighted by Crippen LogP contribution is 2.48. The van der Waals surface area contributed by atoms with Crippen molar-refractivity contribution in [2.24, 2.45) is 0 Å². The van der Waals surface area contributed by atoms with Crippen molar-refractivity contribution in [3.63, 3.8) is 0 Å². The topological polar surface area (TPSA) is 171 Å². The normalized spacial score (nSPS) is 23.9. The second kappa shape index (κ2) is 8.64. The van der Waals surface area contributed by atoms with E-state index in [1.807, 2.05) is 6.92 Å². The second-order valence-corrected chi connectivity index (χ2v) is 10.3. The van der Waals surface area contributed by atoms with Crippen LogP contribution in [0.4, 0.5) is 5.82 Å². The molecular formula is C12H23N5O6P2S.